The van der Waals surface area contributed by atoms with E-state index >= 15 is 0 Å². The predicted molar refractivity (Wildman–Crippen MR) is 90.6 cm³/mol. The number of nitrogens with one attached hydrogen (secondary N) is 1. The van der Waals surface area contributed by atoms with Crippen LogP contribution in [0.5, 0.6) is 0 Å². The highest BCUT2D eigenvalue weighted by atomic mass is 32.2. The van der Waals surface area contributed by atoms with Crippen LogP contribution in [0.15, 0.2) is 75.3 Å². The molecule has 0 fully saturated rings. The zero-order valence-electron chi connectivity index (χ0n) is 12.7. The fraction of sp³-hybridized carbons (Fsp3) is 0. The van der Waals surface area contributed by atoms with Gasteiger partial charge in [-0.1, -0.05) is 12.1 Å². The maximum atomic E-state index is 12.4. The van der Waals surface area contributed by atoms with Crippen LogP contribution in [0.1, 0.15) is 0 Å². The third kappa shape index (κ3) is 3.87. The molecule has 0 unspecified atom stereocenters. The Labute approximate surface area is 144 Å². The van der Waals surface area contributed by atoms with Gasteiger partial charge >= 0.3 is 0 Å². The Morgan fingerprint density at radius 2 is 1.64 bits per heavy atom. The van der Waals surface area contributed by atoms with Crippen molar-refractivity contribution < 1.29 is 21.3 Å². The van der Waals surface area contributed by atoms with Crippen LogP contribution in [0, 0.1) is 0 Å². The SMILES string of the molecule is NS(=O)(=O)c1ccc(S(=O)(=O)Nc2cccc(-c3cnco3)c2)cc1. The fourth-order valence-electron chi connectivity index (χ4n) is 2.12. The molecule has 0 amide bonds. The van der Waals surface area contributed by atoms with E-state index < -0.39 is 20.0 Å². The summed E-state index contributed by atoms with van der Waals surface area (Å²) < 4.78 is 54.9. The minimum atomic E-state index is -3.89. The molecule has 0 bridgehead atoms. The monoisotopic (exact) mass is 379 g/mol. The summed E-state index contributed by atoms with van der Waals surface area (Å²) in [6.45, 7) is 0. The van der Waals surface area contributed by atoms with Gasteiger partial charge in [-0.25, -0.2) is 27.0 Å². The molecule has 1 aromatic heterocycles. The Hall–Kier alpha value is -2.69. The quantitative estimate of drug-likeness (QED) is 0.694. The summed E-state index contributed by atoms with van der Waals surface area (Å²) in [6.07, 6.45) is 2.79. The van der Waals surface area contributed by atoms with Gasteiger partial charge in [0.2, 0.25) is 10.0 Å². The van der Waals surface area contributed by atoms with E-state index in [0.717, 1.165) is 12.1 Å². The minimum Gasteiger partial charge on any atom is -0.444 e. The summed E-state index contributed by atoms with van der Waals surface area (Å²) >= 11 is 0. The molecule has 0 aliphatic rings. The first-order valence-electron chi connectivity index (χ1n) is 6.90. The van der Waals surface area contributed by atoms with Crippen molar-refractivity contribution >= 4 is 25.7 Å². The number of benzene rings is 2. The largest absolute Gasteiger partial charge is 0.444 e. The normalized spacial score (nSPS) is 12.0. The first-order valence-corrected chi connectivity index (χ1v) is 9.93. The van der Waals surface area contributed by atoms with Crippen molar-refractivity contribution in [2.24, 2.45) is 5.14 Å². The lowest BCUT2D eigenvalue weighted by Gasteiger charge is -2.09. The van der Waals surface area contributed by atoms with Crippen molar-refractivity contribution in [3.8, 4) is 11.3 Å². The Balaban J connectivity index is 1.88. The molecule has 2 aromatic carbocycles. The zero-order valence-corrected chi connectivity index (χ0v) is 14.3. The Morgan fingerprint density at radius 1 is 0.960 bits per heavy atom. The molecule has 0 aliphatic carbocycles. The summed E-state index contributed by atoms with van der Waals surface area (Å²) in [4.78, 5) is 3.55. The van der Waals surface area contributed by atoms with Crippen molar-refractivity contribution in [3.05, 3.63) is 61.1 Å². The molecule has 0 saturated heterocycles. The molecule has 3 N–H and O–H groups in total. The van der Waals surface area contributed by atoms with Crippen LogP contribution in [0.3, 0.4) is 0 Å². The third-order valence-electron chi connectivity index (χ3n) is 3.29. The van der Waals surface area contributed by atoms with Gasteiger partial charge in [-0.2, -0.15) is 0 Å². The molecule has 130 valence electrons. The number of anilines is 1. The maximum absolute atomic E-state index is 12.4. The third-order valence-corrected chi connectivity index (χ3v) is 5.62. The van der Waals surface area contributed by atoms with Crippen molar-refractivity contribution in [2.45, 2.75) is 9.79 Å². The van der Waals surface area contributed by atoms with Gasteiger partial charge < -0.3 is 4.42 Å². The molecule has 25 heavy (non-hydrogen) atoms. The first kappa shape index (κ1) is 17.1. The van der Waals surface area contributed by atoms with Gasteiger partial charge in [0.25, 0.3) is 10.0 Å². The second-order valence-corrected chi connectivity index (χ2v) is 8.31. The van der Waals surface area contributed by atoms with Crippen LogP contribution in [0.25, 0.3) is 11.3 Å². The molecular formula is C15H13N3O5S2. The Kier molecular flexibility index (Phi) is 4.33. The molecule has 0 atom stereocenters. The van der Waals surface area contributed by atoms with E-state index in [1.165, 1.54) is 24.7 Å². The average Bonchev–Trinajstić information content (AvgIpc) is 3.08. The number of rotatable bonds is 5. The van der Waals surface area contributed by atoms with E-state index in [0.29, 0.717) is 17.0 Å². The van der Waals surface area contributed by atoms with Gasteiger partial charge in [-0.05, 0) is 36.4 Å². The maximum Gasteiger partial charge on any atom is 0.261 e. The van der Waals surface area contributed by atoms with E-state index in [9.17, 15) is 16.8 Å². The first-order chi connectivity index (χ1) is 11.8. The van der Waals surface area contributed by atoms with E-state index in [1.54, 1.807) is 24.3 Å². The summed E-state index contributed by atoms with van der Waals surface area (Å²) in [5, 5.41) is 5.00. The number of oxazole rings is 1. The molecule has 1 heterocycles. The molecule has 8 nitrogen and oxygen atoms in total. The average molecular weight is 379 g/mol. The van der Waals surface area contributed by atoms with Crippen molar-refractivity contribution in [1.29, 1.82) is 0 Å². The Morgan fingerprint density at radius 3 is 2.24 bits per heavy atom. The lowest BCUT2D eigenvalue weighted by atomic mass is 10.2. The summed E-state index contributed by atoms with van der Waals surface area (Å²) in [6, 6.07) is 11.2. The van der Waals surface area contributed by atoms with E-state index in [1.807, 2.05) is 0 Å². The van der Waals surface area contributed by atoms with Crippen molar-refractivity contribution in [1.82, 2.24) is 4.98 Å². The highest BCUT2D eigenvalue weighted by molar-refractivity contribution is 7.92. The van der Waals surface area contributed by atoms with E-state index in [2.05, 4.69) is 9.71 Å². The van der Waals surface area contributed by atoms with Crippen LogP contribution < -0.4 is 9.86 Å². The molecule has 3 rings (SSSR count). The van der Waals surface area contributed by atoms with E-state index in [-0.39, 0.29) is 9.79 Å². The van der Waals surface area contributed by atoms with Gasteiger partial charge in [-0.3, -0.25) is 4.72 Å². The highest BCUT2D eigenvalue weighted by Crippen LogP contribution is 2.24. The van der Waals surface area contributed by atoms with Gasteiger partial charge in [0.1, 0.15) is 0 Å². The molecule has 0 spiro atoms. The fourth-order valence-corrected chi connectivity index (χ4v) is 3.68. The molecular weight excluding hydrogens is 366 g/mol. The number of sulfonamides is 2. The molecule has 0 aliphatic heterocycles. The van der Waals surface area contributed by atoms with Crippen molar-refractivity contribution in [2.75, 3.05) is 4.72 Å². The molecule has 0 radical (unpaired) electrons. The standard InChI is InChI=1S/C15H13N3O5S2/c16-24(19,20)13-4-6-14(7-5-13)25(21,22)18-12-3-1-2-11(8-12)15-9-17-10-23-15/h1-10,18H,(H2,16,19,20). The van der Waals surface area contributed by atoms with Gasteiger partial charge in [0, 0.05) is 11.3 Å². The van der Waals surface area contributed by atoms with Crippen LogP contribution in [0.4, 0.5) is 5.69 Å². The lowest BCUT2D eigenvalue weighted by Crippen LogP contribution is -2.15. The van der Waals surface area contributed by atoms with Gasteiger partial charge in [0.15, 0.2) is 12.2 Å². The zero-order chi connectivity index (χ0) is 18.1. The number of aromatic nitrogens is 1. The van der Waals surface area contributed by atoms with Gasteiger partial charge in [-0.15, -0.1) is 0 Å². The number of nitrogens with zero attached hydrogens (tertiary/aromatic N) is 1. The van der Waals surface area contributed by atoms with Crippen molar-refractivity contribution in [3.63, 3.8) is 0 Å². The predicted octanol–water partition coefficient (Wildman–Crippen LogP) is 1.79. The number of hydrogen-bond acceptors (Lipinski definition) is 6. The van der Waals surface area contributed by atoms with Crippen LogP contribution in [0.2, 0.25) is 0 Å². The second kappa shape index (κ2) is 6.31. The molecule has 10 heteroatoms. The minimum absolute atomic E-state index is 0.0926. The number of nitrogens with two attached hydrogens (primary N) is 1. The topological polar surface area (TPSA) is 132 Å². The molecule has 3 aromatic rings. The van der Waals surface area contributed by atoms with Crippen LogP contribution in [-0.2, 0) is 20.0 Å². The second-order valence-electron chi connectivity index (χ2n) is 5.07. The van der Waals surface area contributed by atoms with Crippen LogP contribution in [-0.4, -0.2) is 21.8 Å². The van der Waals surface area contributed by atoms with E-state index in [4.69, 9.17) is 9.56 Å². The van der Waals surface area contributed by atoms with Crippen LogP contribution >= 0.6 is 0 Å². The number of primary sulfonamides is 1. The summed E-state index contributed by atoms with van der Waals surface area (Å²) in [7, 11) is -7.78. The Bertz CT molecular complexity index is 1090. The number of hydrogen-bond donors (Lipinski definition) is 2. The molecule has 0 saturated carbocycles. The summed E-state index contributed by atoms with van der Waals surface area (Å²) in [5.41, 5.74) is 0.978. The highest BCUT2D eigenvalue weighted by Gasteiger charge is 2.16. The lowest BCUT2D eigenvalue weighted by molar-refractivity contribution is 0.572. The summed E-state index contributed by atoms with van der Waals surface area (Å²) in [5.74, 6) is 0.499. The smallest absolute Gasteiger partial charge is 0.261 e. The van der Waals surface area contributed by atoms with Gasteiger partial charge in [0.05, 0.1) is 16.0 Å².